The molecule has 0 saturated heterocycles. The quantitative estimate of drug-likeness (QED) is 0.457. The molecule has 1 aliphatic rings. The number of fused-ring (bicyclic) bond motifs is 1. The minimum Gasteiger partial charge on any atom is -0.481 e. The summed E-state index contributed by atoms with van der Waals surface area (Å²) in [5.74, 6) is -13.0. The molecule has 3 rings (SSSR count). The Morgan fingerprint density at radius 2 is 1.39 bits per heavy atom. The Morgan fingerprint density at radius 1 is 0.857 bits per heavy atom. The van der Waals surface area contributed by atoms with E-state index >= 15 is 0 Å². The van der Waals surface area contributed by atoms with Crippen LogP contribution in [0.5, 0.6) is 0 Å². The molecule has 0 fully saturated rings. The van der Waals surface area contributed by atoms with Crippen molar-refractivity contribution >= 4 is 11.9 Å². The summed E-state index contributed by atoms with van der Waals surface area (Å²) in [7, 11) is 0. The van der Waals surface area contributed by atoms with Gasteiger partial charge in [-0.15, -0.1) is 0 Å². The van der Waals surface area contributed by atoms with E-state index in [1.165, 1.54) is 11.1 Å². The monoisotopic (exact) mass is 402 g/mol. The van der Waals surface area contributed by atoms with Crippen LogP contribution in [0.1, 0.15) is 35.4 Å². The number of hydrogen-bond donors (Lipinski definition) is 2. The number of aliphatic carboxylic acids is 2. The molecule has 0 radical (unpaired) electrons. The summed E-state index contributed by atoms with van der Waals surface area (Å²) in [6.45, 7) is 0. The van der Waals surface area contributed by atoms with Crippen LogP contribution in [0.2, 0.25) is 0 Å². The second-order valence-electron chi connectivity index (χ2n) is 6.15. The molecule has 1 aliphatic carbocycles. The Balaban J connectivity index is 0.000000202. The Hall–Kier alpha value is -2.97. The number of halogens is 5. The van der Waals surface area contributed by atoms with Crippen LogP contribution >= 0.6 is 0 Å². The van der Waals surface area contributed by atoms with E-state index in [0.717, 1.165) is 12.8 Å². The van der Waals surface area contributed by atoms with Gasteiger partial charge in [0.25, 0.3) is 0 Å². The summed E-state index contributed by atoms with van der Waals surface area (Å²) in [4.78, 5) is 20.7. The largest absolute Gasteiger partial charge is 0.481 e. The first-order valence-electron chi connectivity index (χ1n) is 8.15. The van der Waals surface area contributed by atoms with Gasteiger partial charge < -0.3 is 10.2 Å². The van der Waals surface area contributed by atoms with Crippen molar-refractivity contribution in [1.82, 2.24) is 0 Å². The molecule has 28 heavy (non-hydrogen) atoms. The topological polar surface area (TPSA) is 74.6 Å². The Bertz CT molecular complexity index is 884. The molecule has 2 aromatic carbocycles. The maximum absolute atomic E-state index is 12.8. The van der Waals surface area contributed by atoms with Gasteiger partial charge in [0, 0.05) is 5.56 Å². The van der Waals surface area contributed by atoms with Gasteiger partial charge >= 0.3 is 11.9 Å². The van der Waals surface area contributed by atoms with Gasteiger partial charge in [0.15, 0.2) is 23.3 Å². The lowest BCUT2D eigenvalue weighted by atomic mass is 9.98. The number of carboxylic acid groups (broad SMARTS) is 2. The van der Waals surface area contributed by atoms with Gasteiger partial charge in [0.05, 0.1) is 12.8 Å². The molecule has 1 unspecified atom stereocenters. The number of carboxylic acids is 2. The van der Waals surface area contributed by atoms with Crippen LogP contribution in [0.15, 0.2) is 24.3 Å². The molecule has 2 N–H and O–H groups in total. The van der Waals surface area contributed by atoms with E-state index in [0.29, 0.717) is 0 Å². The van der Waals surface area contributed by atoms with Crippen LogP contribution in [-0.2, 0) is 22.4 Å². The third-order valence-corrected chi connectivity index (χ3v) is 4.31. The smallest absolute Gasteiger partial charge is 0.308 e. The summed E-state index contributed by atoms with van der Waals surface area (Å²) >= 11 is 0. The molecule has 0 spiro atoms. The van der Waals surface area contributed by atoms with E-state index in [1.807, 2.05) is 12.1 Å². The average molecular weight is 402 g/mol. The third kappa shape index (κ3) is 4.65. The van der Waals surface area contributed by atoms with Gasteiger partial charge in [-0.05, 0) is 29.9 Å². The predicted octanol–water partition coefficient (Wildman–Crippen LogP) is 4.20. The highest BCUT2D eigenvalue weighted by molar-refractivity contribution is 5.70. The van der Waals surface area contributed by atoms with E-state index in [-0.39, 0.29) is 12.3 Å². The Kier molecular flexibility index (Phi) is 6.71. The molecule has 0 aliphatic heterocycles. The standard InChI is InChI=1S/C11H12O2.C8H3F5O2/c12-11(13)7-9-6-5-8-3-1-2-4-10(8)9;9-4-2(1-3(14)15)5(10)7(12)8(13)6(4)11/h1-4,9H,5-7H2,(H,12,13);1H2,(H,14,15). The molecule has 0 saturated carbocycles. The van der Waals surface area contributed by atoms with Crippen LogP contribution < -0.4 is 0 Å². The minimum atomic E-state index is -2.31. The molecule has 0 amide bonds. The Morgan fingerprint density at radius 3 is 1.93 bits per heavy atom. The van der Waals surface area contributed by atoms with Crippen molar-refractivity contribution in [2.75, 3.05) is 0 Å². The zero-order chi connectivity index (χ0) is 21.0. The van der Waals surface area contributed by atoms with Gasteiger partial charge in [-0.3, -0.25) is 9.59 Å². The van der Waals surface area contributed by atoms with Gasteiger partial charge in [0.1, 0.15) is 0 Å². The van der Waals surface area contributed by atoms with Crippen molar-refractivity contribution in [3.63, 3.8) is 0 Å². The normalized spacial score (nSPS) is 14.8. The third-order valence-electron chi connectivity index (χ3n) is 4.31. The molecule has 9 heteroatoms. The van der Waals surface area contributed by atoms with Crippen LogP contribution in [-0.4, -0.2) is 22.2 Å². The lowest BCUT2D eigenvalue weighted by molar-refractivity contribution is -0.138. The van der Waals surface area contributed by atoms with E-state index < -0.39 is 53.0 Å². The fourth-order valence-corrected chi connectivity index (χ4v) is 3.02. The maximum atomic E-state index is 12.8. The summed E-state index contributed by atoms with van der Waals surface area (Å²) in [6.07, 6.45) is 1.03. The van der Waals surface area contributed by atoms with Crippen molar-refractivity contribution in [1.29, 1.82) is 0 Å². The van der Waals surface area contributed by atoms with Gasteiger partial charge in [0.2, 0.25) is 5.82 Å². The summed E-state index contributed by atoms with van der Waals surface area (Å²) < 4.78 is 63.0. The second-order valence-corrected chi connectivity index (χ2v) is 6.15. The second kappa shape index (κ2) is 8.81. The number of aryl methyl sites for hydroxylation is 1. The molecule has 0 heterocycles. The first kappa shape index (κ1) is 21.3. The summed E-state index contributed by atoms with van der Waals surface area (Å²) in [6, 6.07) is 8.15. The Labute approximate surface area is 156 Å². The zero-order valence-electron chi connectivity index (χ0n) is 14.3. The molecule has 0 aromatic heterocycles. The average Bonchev–Trinajstić information content (AvgIpc) is 3.05. The number of rotatable bonds is 4. The highest BCUT2D eigenvalue weighted by Gasteiger charge is 2.26. The highest BCUT2D eigenvalue weighted by Crippen LogP contribution is 2.34. The summed E-state index contributed by atoms with van der Waals surface area (Å²) in [5.41, 5.74) is 1.22. The fraction of sp³-hybridized carbons (Fsp3) is 0.263. The van der Waals surface area contributed by atoms with Crippen LogP contribution in [0.4, 0.5) is 22.0 Å². The van der Waals surface area contributed by atoms with Crippen molar-refractivity contribution in [3.8, 4) is 0 Å². The SMILES string of the molecule is O=C(O)CC1CCc2ccccc21.O=C(O)Cc1c(F)c(F)c(F)c(F)c1F. The van der Waals surface area contributed by atoms with Crippen molar-refractivity contribution < 1.29 is 41.8 Å². The molecular formula is C19H15F5O4. The molecule has 150 valence electrons. The van der Waals surface area contributed by atoms with Gasteiger partial charge in [-0.25, -0.2) is 22.0 Å². The summed E-state index contributed by atoms with van der Waals surface area (Å²) in [5, 5.41) is 16.9. The highest BCUT2D eigenvalue weighted by atomic mass is 19.2. The lowest BCUT2D eigenvalue weighted by Crippen LogP contribution is -2.11. The van der Waals surface area contributed by atoms with Crippen LogP contribution in [0.3, 0.4) is 0 Å². The van der Waals surface area contributed by atoms with E-state index in [9.17, 15) is 31.5 Å². The number of benzene rings is 2. The van der Waals surface area contributed by atoms with E-state index in [2.05, 4.69) is 12.1 Å². The van der Waals surface area contributed by atoms with E-state index in [1.54, 1.807) is 0 Å². The molecular weight excluding hydrogens is 387 g/mol. The van der Waals surface area contributed by atoms with Crippen LogP contribution in [0.25, 0.3) is 0 Å². The van der Waals surface area contributed by atoms with E-state index in [4.69, 9.17) is 10.2 Å². The van der Waals surface area contributed by atoms with Crippen molar-refractivity contribution in [3.05, 3.63) is 70.0 Å². The van der Waals surface area contributed by atoms with Crippen molar-refractivity contribution in [2.24, 2.45) is 0 Å². The predicted molar refractivity (Wildman–Crippen MR) is 87.3 cm³/mol. The molecule has 0 bridgehead atoms. The fourth-order valence-electron chi connectivity index (χ4n) is 3.02. The minimum absolute atomic E-state index is 0.244. The number of carbonyl (C=O) groups is 2. The first-order chi connectivity index (χ1) is 13.1. The molecule has 4 nitrogen and oxygen atoms in total. The van der Waals surface area contributed by atoms with Crippen molar-refractivity contribution in [2.45, 2.75) is 31.6 Å². The lowest BCUT2D eigenvalue weighted by Gasteiger charge is -2.07. The first-order valence-corrected chi connectivity index (χ1v) is 8.15. The zero-order valence-corrected chi connectivity index (χ0v) is 14.3. The van der Waals surface area contributed by atoms with Gasteiger partial charge in [-0.1, -0.05) is 24.3 Å². The van der Waals surface area contributed by atoms with Gasteiger partial charge in [-0.2, -0.15) is 0 Å². The maximum Gasteiger partial charge on any atom is 0.308 e. The molecule has 2 aromatic rings. The van der Waals surface area contributed by atoms with Crippen LogP contribution in [0, 0.1) is 29.1 Å². The molecule has 1 atom stereocenters. The number of hydrogen-bond acceptors (Lipinski definition) is 2.